The van der Waals surface area contributed by atoms with E-state index in [1.165, 1.54) is 0 Å². The Morgan fingerprint density at radius 3 is 2.86 bits per heavy atom. The lowest BCUT2D eigenvalue weighted by molar-refractivity contribution is 0.149. The Kier molecular flexibility index (Phi) is 3.89. The fraction of sp³-hybridized carbons (Fsp3) is 0.545. The largest absolute Gasteiger partial charge is 0.396 e. The average molecular weight is 194 g/mol. The van der Waals surface area contributed by atoms with Crippen LogP contribution in [0, 0.1) is 5.41 Å². The fourth-order valence-electron chi connectivity index (χ4n) is 1.08. The Hall–Kier alpha value is -1.09. The number of aliphatic hydroxyl groups is 1. The predicted molar refractivity (Wildman–Crippen MR) is 58.2 cm³/mol. The van der Waals surface area contributed by atoms with Gasteiger partial charge < -0.3 is 10.4 Å². The second-order valence-corrected chi connectivity index (χ2v) is 3.92. The van der Waals surface area contributed by atoms with Gasteiger partial charge in [-0.05, 0) is 18.6 Å². The summed E-state index contributed by atoms with van der Waals surface area (Å²) in [5, 5.41) is 12.5. The van der Waals surface area contributed by atoms with Gasteiger partial charge in [0.25, 0.3) is 0 Å². The molecule has 0 saturated heterocycles. The van der Waals surface area contributed by atoms with Gasteiger partial charge in [-0.15, -0.1) is 0 Å². The molecule has 0 fully saturated rings. The Labute approximate surface area is 85.2 Å². The number of pyridine rings is 1. The molecule has 0 aliphatic carbocycles. The van der Waals surface area contributed by atoms with E-state index < -0.39 is 0 Å². The SMILES string of the molecule is CCC(C)(CO)CNc1cccnc1. The van der Waals surface area contributed by atoms with Gasteiger partial charge in [-0.25, -0.2) is 0 Å². The Bertz CT molecular complexity index is 257. The number of rotatable bonds is 5. The van der Waals surface area contributed by atoms with E-state index in [1.54, 1.807) is 12.4 Å². The molecular formula is C11H18N2O. The molecule has 3 nitrogen and oxygen atoms in total. The molecule has 0 saturated carbocycles. The van der Waals surface area contributed by atoms with Crippen LogP contribution in [0.3, 0.4) is 0 Å². The highest BCUT2D eigenvalue weighted by atomic mass is 16.3. The highest BCUT2D eigenvalue weighted by molar-refractivity contribution is 5.39. The Balaban J connectivity index is 2.48. The Morgan fingerprint density at radius 2 is 2.36 bits per heavy atom. The number of anilines is 1. The lowest BCUT2D eigenvalue weighted by atomic mass is 9.88. The van der Waals surface area contributed by atoms with Crippen molar-refractivity contribution >= 4 is 5.69 Å². The van der Waals surface area contributed by atoms with Crippen LogP contribution < -0.4 is 5.32 Å². The summed E-state index contributed by atoms with van der Waals surface area (Å²) in [5.41, 5.74) is 0.955. The molecule has 1 atom stereocenters. The van der Waals surface area contributed by atoms with Crippen molar-refractivity contribution in [3.8, 4) is 0 Å². The molecule has 1 unspecified atom stereocenters. The van der Waals surface area contributed by atoms with E-state index in [0.29, 0.717) is 0 Å². The van der Waals surface area contributed by atoms with Gasteiger partial charge in [-0.2, -0.15) is 0 Å². The second-order valence-electron chi connectivity index (χ2n) is 3.92. The molecule has 3 heteroatoms. The van der Waals surface area contributed by atoms with E-state index >= 15 is 0 Å². The zero-order valence-electron chi connectivity index (χ0n) is 8.83. The summed E-state index contributed by atoms with van der Waals surface area (Å²) < 4.78 is 0. The summed E-state index contributed by atoms with van der Waals surface area (Å²) in [6, 6.07) is 3.87. The first-order valence-corrected chi connectivity index (χ1v) is 4.95. The van der Waals surface area contributed by atoms with Crippen molar-refractivity contribution in [2.45, 2.75) is 20.3 Å². The van der Waals surface area contributed by atoms with E-state index in [-0.39, 0.29) is 12.0 Å². The number of aromatic nitrogens is 1. The van der Waals surface area contributed by atoms with Crippen LogP contribution in [0.4, 0.5) is 5.69 Å². The van der Waals surface area contributed by atoms with Crippen molar-refractivity contribution in [3.05, 3.63) is 24.5 Å². The first-order valence-electron chi connectivity index (χ1n) is 4.95. The molecule has 0 aliphatic heterocycles. The lowest BCUT2D eigenvalue weighted by Gasteiger charge is -2.26. The summed E-state index contributed by atoms with van der Waals surface area (Å²) in [6.45, 7) is 5.12. The maximum absolute atomic E-state index is 9.21. The summed E-state index contributed by atoms with van der Waals surface area (Å²) in [7, 11) is 0. The first kappa shape index (κ1) is 11.0. The number of hydrogen-bond acceptors (Lipinski definition) is 3. The molecule has 0 aliphatic rings. The van der Waals surface area contributed by atoms with Gasteiger partial charge in [-0.3, -0.25) is 4.98 Å². The van der Waals surface area contributed by atoms with Crippen LogP contribution in [0.1, 0.15) is 20.3 Å². The third-order valence-electron chi connectivity index (χ3n) is 2.62. The molecule has 1 aromatic rings. The smallest absolute Gasteiger partial charge is 0.0526 e. The van der Waals surface area contributed by atoms with Crippen LogP contribution in [-0.4, -0.2) is 23.2 Å². The standard InChI is InChI=1S/C11H18N2O/c1-3-11(2,9-14)8-13-10-5-4-6-12-7-10/h4-7,13-14H,3,8-9H2,1-2H3. The molecule has 0 radical (unpaired) electrons. The van der Waals surface area contributed by atoms with Crippen LogP contribution in [0.2, 0.25) is 0 Å². The summed E-state index contributed by atoms with van der Waals surface area (Å²) in [5.74, 6) is 0. The van der Waals surface area contributed by atoms with E-state index in [0.717, 1.165) is 18.7 Å². The maximum atomic E-state index is 9.21. The van der Waals surface area contributed by atoms with Gasteiger partial charge in [-0.1, -0.05) is 13.8 Å². The van der Waals surface area contributed by atoms with Crippen molar-refractivity contribution in [2.75, 3.05) is 18.5 Å². The molecule has 1 heterocycles. The van der Waals surface area contributed by atoms with E-state index in [1.807, 2.05) is 12.1 Å². The fourth-order valence-corrected chi connectivity index (χ4v) is 1.08. The summed E-state index contributed by atoms with van der Waals surface area (Å²) in [6.07, 6.45) is 4.49. The number of hydrogen-bond donors (Lipinski definition) is 2. The lowest BCUT2D eigenvalue weighted by Crippen LogP contribution is -2.29. The topological polar surface area (TPSA) is 45.1 Å². The van der Waals surface area contributed by atoms with Crippen molar-refractivity contribution in [3.63, 3.8) is 0 Å². The number of aliphatic hydroxyl groups excluding tert-OH is 1. The molecule has 1 rings (SSSR count). The minimum Gasteiger partial charge on any atom is -0.396 e. The van der Waals surface area contributed by atoms with Crippen molar-refractivity contribution in [1.29, 1.82) is 0 Å². The van der Waals surface area contributed by atoms with Gasteiger partial charge in [0.15, 0.2) is 0 Å². The minimum atomic E-state index is -0.0458. The van der Waals surface area contributed by atoms with Crippen molar-refractivity contribution in [1.82, 2.24) is 4.98 Å². The maximum Gasteiger partial charge on any atom is 0.0526 e. The monoisotopic (exact) mass is 194 g/mol. The van der Waals surface area contributed by atoms with Crippen LogP contribution in [-0.2, 0) is 0 Å². The van der Waals surface area contributed by atoms with Gasteiger partial charge in [0.2, 0.25) is 0 Å². The summed E-state index contributed by atoms with van der Waals surface area (Å²) >= 11 is 0. The average Bonchev–Trinajstić information content (AvgIpc) is 2.27. The molecular weight excluding hydrogens is 176 g/mol. The van der Waals surface area contributed by atoms with Gasteiger partial charge in [0.05, 0.1) is 12.3 Å². The van der Waals surface area contributed by atoms with E-state index in [9.17, 15) is 5.11 Å². The van der Waals surface area contributed by atoms with Crippen LogP contribution in [0.15, 0.2) is 24.5 Å². The van der Waals surface area contributed by atoms with Crippen LogP contribution in [0.25, 0.3) is 0 Å². The highest BCUT2D eigenvalue weighted by Crippen LogP contribution is 2.20. The molecule has 0 spiro atoms. The molecule has 1 aromatic heterocycles. The van der Waals surface area contributed by atoms with Crippen molar-refractivity contribution in [2.24, 2.45) is 5.41 Å². The van der Waals surface area contributed by atoms with Crippen LogP contribution in [0.5, 0.6) is 0 Å². The molecule has 0 aromatic carbocycles. The molecule has 78 valence electrons. The number of nitrogens with zero attached hydrogens (tertiary/aromatic N) is 1. The number of nitrogens with one attached hydrogen (secondary N) is 1. The van der Waals surface area contributed by atoms with Crippen LogP contribution >= 0.6 is 0 Å². The third kappa shape index (κ3) is 3.00. The third-order valence-corrected chi connectivity index (χ3v) is 2.62. The van der Waals surface area contributed by atoms with Gasteiger partial charge >= 0.3 is 0 Å². The zero-order chi connectivity index (χ0) is 10.4. The highest BCUT2D eigenvalue weighted by Gasteiger charge is 2.20. The van der Waals surface area contributed by atoms with Crippen molar-refractivity contribution < 1.29 is 5.11 Å². The second kappa shape index (κ2) is 4.96. The molecule has 0 amide bonds. The predicted octanol–water partition coefficient (Wildman–Crippen LogP) is 1.90. The Morgan fingerprint density at radius 1 is 1.57 bits per heavy atom. The zero-order valence-corrected chi connectivity index (χ0v) is 8.83. The van der Waals surface area contributed by atoms with E-state index in [4.69, 9.17) is 0 Å². The minimum absolute atomic E-state index is 0.0458. The normalized spacial score (nSPS) is 14.8. The molecule has 14 heavy (non-hydrogen) atoms. The van der Waals surface area contributed by atoms with Gasteiger partial charge in [0.1, 0.15) is 0 Å². The molecule has 0 bridgehead atoms. The van der Waals surface area contributed by atoms with Gasteiger partial charge in [0, 0.05) is 24.4 Å². The van der Waals surface area contributed by atoms with E-state index in [2.05, 4.69) is 24.1 Å². The quantitative estimate of drug-likeness (QED) is 0.752. The summed E-state index contributed by atoms with van der Waals surface area (Å²) in [4.78, 5) is 4.01. The molecule has 2 N–H and O–H groups in total. The first-order chi connectivity index (χ1) is 6.70.